The summed E-state index contributed by atoms with van der Waals surface area (Å²) >= 11 is 0. The van der Waals surface area contributed by atoms with Crippen molar-refractivity contribution in [1.29, 1.82) is 5.26 Å². The van der Waals surface area contributed by atoms with E-state index in [-0.39, 0.29) is 5.41 Å². The molecule has 2 rings (SSSR count). The Bertz CT molecular complexity index is 222. The van der Waals surface area contributed by atoms with Crippen LogP contribution in [0.4, 0.5) is 0 Å². The number of ether oxygens (including phenoxy) is 1. The van der Waals surface area contributed by atoms with Crippen LogP contribution < -0.4 is 5.32 Å². The maximum Gasteiger partial charge on any atom is 0.0691 e. The molecule has 0 radical (unpaired) electrons. The second-order valence-corrected chi connectivity index (χ2v) is 4.48. The van der Waals surface area contributed by atoms with Crippen LogP contribution in [0.3, 0.4) is 0 Å². The van der Waals surface area contributed by atoms with Crippen molar-refractivity contribution in [1.82, 2.24) is 5.32 Å². The van der Waals surface area contributed by atoms with Gasteiger partial charge in [0.05, 0.1) is 17.6 Å². The molecule has 1 N–H and O–H groups in total. The third-order valence-electron chi connectivity index (χ3n) is 3.44. The van der Waals surface area contributed by atoms with Crippen LogP contribution in [-0.2, 0) is 4.74 Å². The van der Waals surface area contributed by atoms with Gasteiger partial charge in [-0.3, -0.25) is 0 Å². The predicted octanol–water partition coefficient (Wildman–Crippen LogP) is 1.45. The van der Waals surface area contributed by atoms with Crippen LogP contribution in [0.1, 0.15) is 32.1 Å². The standard InChI is InChI=1S/C11H18N2O/c12-9-11(3-5-13-6-4-11)8-10-2-1-7-14-10/h10,13H,1-8H2. The molecule has 2 aliphatic heterocycles. The highest BCUT2D eigenvalue weighted by atomic mass is 16.5. The molecule has 0 bridgehead atoms. The number of hydrogen-bond acceptors (Lipinski definition) is 3. The van der Waals surface area contributed by atoms with Crippen LogP contribution in [0.15, 0.2) is 0 Å². The summed E-state index contributed by atoms with van der Waals surface area (Å²) in [6.45, 7) is 2.87. The molecule has 1 atom stereocenters. The molecular weight excluding hydrogens is 176 g/mol. The number of nitrogens with one attached hydrogen (secondary N) is 1. The van der Waals surface area contributed by atoms with Crippen molar-refractivity contribution in [2.24, 2.45) is 5.41 Å². The maximum absolute atomic E-state index is 9.27. The van der Waals surface area contributed by atoms with Gasteiger partial charge in [-0.25, -0.2) is 0 Å². The lowest BCUT2D eigenvalue weighted by Crippen LogP contribution is -2.37. The van der Waals surface area contributed by atoms with Crippen molar-refractivity contribution in [3.8, 4) is 6.07 Å². The van der Waals surface area contributed by atoms with Gasteiger partial charge in [0.2, 0.25) is 0 Å². The van der Waals surface area contributed by atoms with Gasteiger partial charge >= 0.3 is 0 Å². The lowest BCUT2D eigenvalue weighted by Gasteiger charge is -2.32. The van der Waals surface area contributed by atoms with Crippen molar-refractivity contribution in [2.45, 2.75) is 38.2 Å². The Morgan fingerprint density at radius 1 is 1.43 bits per heavy atom. The highest BCUT2D eigenvalue weighted by Gasteiger charge is 2.35. The molecule has 2 heterocycles. The molecule has 2 saturated heterocycles. The molecule has 0 aliphatic carbocycles. The van der Waals surface area contributed by atoms with Gasteiger partial charge in [-0.2, -0.15) is 5.26 Å². The van der Waals surface area contributed by atoms with E-state index in [2.05, 4.69) is 11.4 Å². The fourth-order valence-electron chi connectivity index (χ4n) is 2.51. The Morgan fingerprint density at radius 3 is 2.79 bits per heavy atom. The van der Waals surface area contributed by atoms with Gasteiger partial charge in [0.1, 0.15) is 0 Å². The van der Waals surface area contributed by atoms with Gasteiger partial charge in [-0.1, -0.05) is 0 Å². The first-order valence-corrected chi connectivity index (χ1v) is 5.58. The van der Waals surface area contributed by atoms with Gasteiger partial charge in [0, 0.05) is 6.61 Å². The van der Waals surface area contributed by atoms with Crippen LogP contribution >= 0.6 is 0 Å². The van der Waals surface area contributed by atoms with E-state index in [1.807, 2.05) is 0 Å². The quantitative estimate of drug-likeness (QED) is 0.723. The summed E-state index contributed by atoms with van der Waals surface area (Å²) < 4.78 is 5.61. The fraction of sp³-hybridized carbons (Fsp3) is 0.909. The Morgan fingerprint density at radius 2 is 2.21 bits per heavy atom. The van der Waals surface area contributed by atoms with Crippen molar-refractivity contribution in [3.63, 3.8) is 0 Å². The Hall–Kier alpha value is -0.590. The van der Waals surface area contributed by atoms with Gasteiger partial charge in [-0.15, -0.1) is 0 Å². The first kappa shape index (κ1) is 9.95. The number of piperidine rings is 1. The summed E-state index contributed by atoms with van der Waals surface area (Å²) in [5.74, 6) is 0. The van der Waals surface area contributed by atoms with Crippen molar-refractivity contribution in [2.75, 3.05) is 19.7 Å². The molecule has 0 spiro atoms. The van der Waals surface area contributed by atoms with E-state index in [0.717, 1.165) is 45.4 Å². The van der Waals surface area contributed by atoms with Crippen molar-refractivity contribution >= 4 is 0 Å². The highest BCUT2D eigenvalue weighted by Crippen LogP contribution is 2.36. The second kappa shape index (κ2) is 4.29. The van der Waals surface area contributed by atoms with Crippen LogP contribution in [0, 0.1) is 16.7 Å². The molecule has 3 nitrogen and oxygen atoms in total. The summed E-state index contributed by atoms with van der Waals surface area (Å²) in [5, 5.41) is 12.6. The summed E-state index contributed by atoms with van der Waals surface area (Å²) in [5.41, 5.74) is -0.0970. The van der Waals surface area contributed by atoms with E-state index >= 15 is 0 Å². The summed E-state index contributed by atoms with van der Waals surface area (Å²) in [6, 6.07) is 2.52. The summed E-state index contributed by atoms with van der Waals surface area (Å²) in [6.07, 6.45) is 5.60. The molecule has 2 fully saturated rings. The molecule has 0 aromatic heterocycles. The molecule has 0 saturated carbocycles. The highest BCUT2D eigenvalue weighted by molar-refractivity contribution is 5.03. The maximum atomic E-state index is 9.27. The Balaban J connectivity index is 1.93. The lowest BCUT2D eigenvalue weighted by molar-refractivity contribution is 0.0673. The van der Waals surface area contributed by atoms with E-state index in [0.29, 0.717) is 6.10 Å². The molecule has 78 valence electrons. The van der Waals surface area contributed by atoms with Gasteiger partial charge in [-0.05, 0) is 45.2 Å². The number of hydrogen-bond donors (Lipinski definition) is 1. The zero-order chi connectivity index (χ0) is 9.86. The van der Waals surface area contributed by atoms with E-state index in [1.54, 1.807) is 0 Å². The lowest BCUT2D eigenvalue weighted by atomic mass is 9.75. The average molecular weight is 194 g/mol. The van der Waals surface area contributed by atoms with E-state index < -0.39 is 0 Å². The van der Waals surface area contributed by atoms with Gasteiger partial charge < -0.3 is 10.1 Å². The van der Waals surface area contributed by atoms with E-state index in [4.69, 9.17) is 4.74 Å². The second-order valence-electron chi connectivity index (χ2n) is 4.48. The minimum Gasteiger partial charge on any atom is -0.378 e. The third-order valence-corrected chi connectivity index (χ3v) is 3.44. The van der Waals surface area contributed by atoms with Crippen LogP contribution in [0.2, 0.25) is 0 Å². The SMILES string of the molecule is N#CC1(CC2CCCO2)CCNCC1. The molecule has 14 heavy (non-hydrogen) atoms. The molecule has 2 aliphatic rings. The Kier molecular flexibility index (Phi) is 3.05. The number of rotatable bonds is 2. The largest absolute Gasteiger partial charge is 0.378 e. The zero-order valence-corrected chi connectivity index (χ0v) is 8.59. The van der Waals surface area contributed by atoms with E-state index in [1.165, 1.54) is 6.42 Å². The van der Waals surface area contributed by atoms with Gasteiger partial charge in [0.15, 0.2) is 0 Å². The average Bonchev–Trinajstić information content (AvgIpc) is 2.72. The van der Waals surface area contributed by atoms with Gasteiger partial charge in [0.25, 0.3) is 0 Å². The fourth-order valence-corrected chi connectivity index (χ4v) is 2.51. The van der Waals surface area contributed by atoms with E-state index in [9.17, 15) is 5.26 Å². The first-order valence-electron chi connectivity index (χ1n) is 5.58. The van der Waals surface area contributed by atoms with Crippen molar-refractivity contribution < 1.29 is 4.74 Å². The van der Waals surface area contributed by atoms with Crippen LogP contribution in [-0.4, -0.2) is 25.8 Å². The van der Waals surface area contributed by atoms with Crippen LogP contribution in [0.5, 0.6) is 0 Å². The normalized spacial score (nSPS) is 31.2. The van der Waals surface area contributed by atoms with Crippen molar-refractivity contribution in [3.05, 3.63) is 0 Å². The third kappa shape index (κ3) is 2.08. The number of nitrogens with zero attached hydrogens (tertiary/aromatic N) is 1. The monoisotopic (exact) mass is 194 g/mol. The smallest absolute Gasteiger partial charge is 0.0691 e. The first-order chi connectivity index (χ1) is 6.85. The minimum absolute atomic E-state index is 0.0970. The Labute approximate surface area is 85.4 Å². The minimum atomic E-state index is -0.0970. The summed E-state index contributed by atoms with van der Waals surface area (Å²) in [7, 11) is 0. The van der Waals surface area contributed by atoms with Crippen LogP contribution in [0.25, 0.3) is 0 Å². The summed E-state index contributed by atoms with van der Waals surface area (Å²) in [4.78, 5) is 0. The zero-order valence-electron chi connectivity index (χ0n) is 8.59. The topological polar surface area (TPSA) is 45.0 Å². The molecule has 0 amide bonds. The molecule has 3 heteroatoms. The molecular formula is C11H18N2O. The molecule has 0 aromatic carbocycles. The molecule has 1 unspecified atom stereocenters. The molecule has 0 aromatic rings. The number of nitriles is 1. The predicted molar refractivity (Wildman–Crippen MR) is 53.7 cm³/mol.